The Morgan fingerprint density at radius 2 is 1.14 bits per heavy atom. The molecule has 0 radical (unpaired) electrons. The van der Waals surface area contributed by atoms with E-state index in [1.807, 2.05) is 19.2 Å². The number of hydrogen-bond donors (Lipinski definition) is 1. The van der Waals surface area contributed by atoms with E-state index in [0.717, 1.165) is 5.69 Å². The van der Waals surface area contributed by atoms with Crippen LogP contribution in [0.25, 0.3) is 0 Å². The van der Waals surface area contributed by atoms with Gasteiger partial charge >= 0.3 is 0 Å². The molecule has 0 fully saturated rings. The third-order valence-corrected chi connectivity index (χ3v) is 3.58. The summed E-state index contributed by atoms with van der Waals surface area (Å²) in [6.45, 7) is 1.68. The highest BCUT2D eigenvalue weighted by molar-refractivity contribution is 6.11. The Kier molecular flexibility index (Phi) is 7.97. The number of carbonyl (C=O) groups is 2. The van der Waals surface area contributed by atoms with Crippen LogP contribution in [0.4, 0.5) is 5.69 Å². The molecule has 0 spiro atoms. The number of rotatable bonds is 4. The van der Waals surface area contributed by atoms with Gasteiger partial charge in [-0.15, -0.1) is 0 Å². The highest BCUT2D eigenvalue weighted by Gasteiger charge is 2.10. The van der Waals surface area contributed by atoms with E-state index in [4.69, 9.17) is 0 Å². The zero-order valence-electron chi connectivity index (χ0n) is 15.9. The maximum Gasteiger partial charge on any atom is 0.236 e. The van der Waals surface area contributed by atoms with E-state index < -0.39 is 0 Å². The van der Waals surface area contributed by atoms with Crippen LogP contribution in [-0.4, -0.2) is 18.6 Å². The molecule has 0 atom stereocenters. The first kappa shape index (κ1) is 20.7. The molecule has 0 aromatic heterocycles. The van der Waals surface area contributed by atoms with Crippen molar-refractivity contribution in [1.82, 2.24) is 0 Å². The van der Waals surface area contributed by atoms with E-state index in [9.17, 15) is 9.59 Å². The van der Waals surface area contributed by atoms with Gasteiger partial charge < -0.3 is 5.32 Å². The summed E-state index contributed by atoms with van der Waals surface area (Å²) in [5.41, 5.74) is 2.38. The van der Waals surface area contributed by atoms with Gasteiger partial charge in [-0.25, -0.2) is 0 Å². The molecular weight excluding hydrogens is 358 g/mol. The van der Waals surface area contributed by atoms with E-state index in [0.29, 0.717) is 16.7 Å². The number of ketones is 2. The second kappa shape index (κ2) is 11.2. The Hall–Kier alpha value is -4.62. The molecule has 2 aromatic rings. The van der Waals surface area contributed by atoms with Crippen molar-refractivity contribution < 1.29 is 25.3 Å². The molecule has 0 saturated carbocycles. The second-order valence-electron chi connectivity index (χ2n) is 5.44. The molecular formula is C26H37NO2. The minimum absolute atomic E-state index is 0. The average molecular weight is 396 g/mol. The third kappa shape index (κ3) is 6.55. The Bertz CT molecular complexity index is 1260. The summed E-state index contributed by atoms with van der Waals surface area (Å²) < 4.78 is 0. The van der Waals surface area contributed by atoms with Crippen LogP contribution in [-0.2, 0) is 0 Å². The molecule has 0 aliphatic carbocycles. The Labute approximate surface area is 187 Å². The highest BCUT2D eigenvalue weighted by Crippen LogP contribution is 2.14. The lowest BCUT2D eigenvalue weighted by Crippen LogP contribution is -2.03. The second-order valence-corrected chi connectivity index (χ2v) is 5.44. The van der Waals surface area contributed by atoms with E-state index in [1.54, 1.807) is 43.3 Å². The molecule has 1 N–H and O–H groups in total. The number of anilines is 1. The van der Waals surface area contributed by atoms with Crippen LogP contribution in [0.5, 0.6) is 0 Å². The fourth-order valence-electron chi connectivity index (χ4n) is 2.14. The number of nitrogens with one attached hydrogen (secondary N) is 1. The lowest BCUT2D eigenvalue weighted by Gasteiger charge is -2.04. The smallest absolute Gasteiger partial charge is 0.236 e. The zero-order valence-corrected chi connectivity index (χ0v) is 15.9. The lowest BCUT2D eigenvalue weighted by molar-refractivity contribution is 0.103. The van der Waals surface area contributed by atoms with E-state index >= 15 is 0 Å². The molecule has 0 heterocycles. The van der Waals surface area contributed by atoms with Crippen molar-refractivity contribution in [2.24, 2.45) is 0 Å². The van der Waals surface area contributed by atoms with Gasteiger partial charge in [0, 0.05) is 45.1 Å². The number of Topliss-reactive ketones (excluding diaryl/α,β-unsaturated/α-hetero) is 1. The van der Waals surface area contributed by atoms with E-state index in [2.05, 4.69) is 64.5 Å². The Balaban J connectivity index is -0.000000102. The van der Waals surface area contributed by atoms with Gasteiger partial charge in [0.15, 0.2) is 5.78 Å². The van der Waals surface area contributed by atoms with Crippen LogP contribution in [0, 0.1) is 59.2 Å². The normalized spacial score (nSPS) is 7.93. The highest BCUT2D eigenvalue weighted by atomic mass is 16.1. The lowest BCUT2D eigenvalue weighted by atomic mass is 10.0. The van der Waals surface area contributed by atoms with Gasteiger partial charge in [0.05, 0.1) is 0 Å². The van der Waals surface area contributed by atoms with E-state index in [1.165, 1.54) is 0 Å². The Morgan fingerprint density at radius 3 is 1.66 bits per heavy atom. The quantitative estimate of drug-likeness (QED) is 0.399. The van der Waals surface area contributed by atoms with Gasteiger partial charge in [-0.2, -0.15) is 0 Å². The first-order valence-electron chi connectivity index (χ1n) is 8.55. The number of hydrogen-bond acceptors (Lipinski definition) is 3. The van der Waals surface area contributed by atoms with Crippen molar-refractivity contribution in [2.45, 2.75) is 6.92 Å². The summed E-state index contributed by atoms with van der Waals surface area (Å²) in [5.74, 6) is 24.5. The summed E-state index contributed by atoms with van der Waals surface area (Å²) in [7, 11) is 1.81. The summed E-state index contributed by atoms with van der Waals surface area (Å²) in [5, 5.41) is 3.00. The standard InChI is InChI=1S/C26H15NO2.11H2/c1-3-4-5-6-7-8-9-10-11-12-25(28)21-13-15-22(16-14-21)26(29)23-17-19-24(27-2)20-18-23;;;;;;;;;;;/h13-20,27H,1-2H3;11*1H. The molecule has 3 heteroatoms. The average Bonchev–Trinajstić information content (AvgIpc) is 2.77. The molecule has 0 bridgehead atoms. The minimum atomic E-state index is -0.386. The predicted molar refractivity (Wildman–Crippen MR) is 138 cm³/mol. The fourth-order valence-corrected chi connectivity index (χ4v) is 2.14. The molecule has 2 aromatic carbocycles. The first-order valence-corrected chi connectivity index (χ1v) is 8.55. The van der Waals surface area contributed by atoms with E-state index in [-0.39, 0.29) is 27.3 Å². The van der Waals surface area contributed by atoms with Gasteiger partial charge in [0.25, 0.3) is 0 Å². The van der Waals surface area contributed by atoms with Gasteiger partial charge in [0.1, 0.15) is 0 Å². The summed E-state index contributed by atoms with van der Waals surface area (Å²) in [6, 6.07) is 13.5. The SMILES string of the molecule is CC#CC#CC#CC#CC#CC(=O)c1ccc(C(=O)c2ccc(NC)cc2)cc1.[HH].[HH].[HH].[HH].[HH].[HH].[HH].[HH].[HH].[HH].[HH]. The molecule has 158 valence electrons. The van der Waals surface area contributed by atoms with Crippen LogP contribution >= 0.6 is 0 Å². The minimum Gasteiger partial charge on any atom is -0.388 e. The van der Waals surface area contributed by atoms with Crippen molar-refractivity contribution in [2.75, 3.05) is 12.4 Å². The molecule has 0 amide bonds. The Morgan fingerprint density at radius 1 is 0.690 bits per heavy atom. The first-order chi connectivity index (χ1) is 14.2. The topological polar surface area (TPSA) is 46.2 Å². The molecule has 29 heavy (non-hydrogen) atoms. The van der Waals surface area contributed by atoms with Crippen molar-refractivity contribution in [3.05, 3.63) is 65.2 Å². The zero-order chi connectivity index (χ0) is 20.9. The van der Waals surface area contributed by atoms with Crippen molar-refractivity contribution in [3.8, 4) is 59.2 Å². The number of carbonyl (C=O) groups excluding carboxylic acids is 2. The molecule has 0 unspecified atom stereocenters. The van der Waals surface area contributed by atoms with Crippen LogP contribution < -0.4 is 5.32 Å². The van der Waals surface area contributed by atoms with Crippen LogP contribution in [0.1, 0.15) is 48.9 Å². The van der Waals surface area contributed by atoms with Crippen molar-refractivity contribution in [1.29, 1.82) is 0 Å². The van der Waals surface area contributed by atoms with Gasteiger partial charge in [-0.1, -0.05) is 18.1 Å². The molecule has 0 aliphatic rings. The molecule has 3 nitrogen and oxygen atoms in total. The third-order valence-electron chi connectivity index (χ3n) is 3.58. The monoisotopic (exact) mass is 395 g/mol. The van der Waals surface area contributed by atoms with Gasteiger partial charge in [-0.05, 0) is 96.6 Å². The van der Waals surface area contributed by atoms with Crippen LogP contribution in [0.15, 0.2) is 48.5 Å². The summed E-state index contributed by atoms with van der Waals surface area (Å²) >= 11 is 0. The predicted octanol–water partition coefficient (Wildman–Crippen LogP) is 5.88. The van der Waals surface area contributed by atoms with Crippen LogP contribution in [0.3, 0.4) is 0 Å². The maximum atomic E-state index is 12.5. The maximum absolute atomic E-state index is 12.5. The molecule has 0 saturated heterocycles. The van der Waals surface area contributed by atoms with Gasteiger partial charge in [-0.3, -0.25) is 9.59 Å². The van der Waals surface area contributed by atoms with Crippen molar-refractivity contribution in [3.63, 3.8) is 0 Å². The number of benzene rings is 2. The summed E-state index contributed by atoms with van der Waals surface area (Å²) in [6.07, 6.45) is 0. The molecule has 2 rings (SSSR count). The largest absolute Gasteiger partial charge is 0.388 e. The van der Waals surface area contributed by atoms with Crippen molar-refractivity contribution >= 4 is 17.3 Å². The fraction of sp³-hybridized carbons (Fsp3) is 0.0769. The van der Waals surface area contributed by atoms with Crippen LogP contribution in [0.2, 0.25) is 0 Å². The molecule has 0 aliphatic heterocycles. The van der Waals surface area contributed by atoms with Gasteiger partial charge in [0.2, 0.25) is 5.78 Å². The summed E-state index contributed by atoms with van der Waals surface area (Å²) in [4.78, 5) is 24.6.